The van der Waals surface area contributed by atoms with Crippen molar-refractivity contribution < 1.29 is 21.9 Å². The van der Waals surface area contributed by atoms with Gasteiger partial charge in [0.2, 0.25) is 11.8 Å². The number of imide groups is 1. The number of aromatic nitrogens is 1. The van der Waals surface area contributed by atoms with E-state index in [0.29, 0.717) is 36.6 Å². The Morgan fingerprint density at radius 1 is 1.19 bits per heavy atom. The van der Waals surface area contributed by atoms with Crippen molar-refractivity contribution >= 4 is 17.6 Å². The topological polar surface area (TPSA) is 89.5 Å². The molecule has 2 N–H and O–H groups in total. The number of ether oxygens (including phenoxy) is 2. The van der Waals surface area contributed by atoms with Crippen molar-refractivity contribution in [3.63, 3.8) is 0 Å². The van der Waals surface area contributed by atoms with Gasteiger partial charge in [-0.25, -0.2) is 9.78 Å². The fourth-order valence-corrected chi connectivity index (χ4v) is 3.91. The van der Waals surface area contributed by atoms with Gasteiger partial charge in [0.25, 0.3) is 0 Å². The number of urea groups is 1. The van der Waals surface area contributed by atoms with E-state index in [4.69, 9.17) is 9.47 Å². The number of hydrogen-bond donors (Lipinski definition) is 2. The number of nitrogens with one attached hydrogen (secondary N) is 2. The van der Waals surface area contributed by atoms with Crippen molar-refractivity contribution in [2.24, 2.45) is 5.41 Å². The molecule has 5 rings (SSSR count). The Labute approximate surface area is 160 Å². The third kappa shape index (κ3) is 3.14. The molecular formula is C20H25N3O4. The number of anilines is 1. The second kappa shape index (κ2) is 6.35. The molecule has 3 saturated carbocycles. The van der Waals surface area contributed by atoms with E-state index in [2.05, 4.69) is 15.6 Å². The zero-order valence-electron chi connectivity index (χ0n) is 15.2. The molecule has 2 bridgehead atoms. The molecule has 3 aliphatic carbocycles. The van der Waals surface area contributed by atoms with Gasteiger partial charge in [0.05, 0.1) is 11.0 Å². The summed E-state index contributed by atoms with van der Waals surface area (Å²) < 4.78 is 11.1. The summed E-state index contributed by atoms with van der Waals surface area (Å²) in [6.07, 6.45) is 3.72. The van der Waals surface area contributed by atoms with Crippen LogP contribution in [0.25, 0.3) is 0 Å². The summed E-state index contributed by atoms with van der Waals surface area (Å²) in [5.41, 5.74) is 0.862. The highest BCUT2D eigenvalue weighted by Crippen LogP contribution is 2.68. The minimum Gasteiger partial charge on any atom is -0.439 e. The van der Waals surface area contributed by atoms with Gasteiger partial charge in [-0.2, -0.15) is 0 Å². The highest BCUT2D eigenvalue weighted by molar-refractivity contribution is 6.04. The average Bonchev–Trinajstić information content (AvgIpc) is 2.56. The van der Waals surface area contributed by atoms with Crippen LogP contribution in [-0.2, 0) is 9.53 Å². The molecule has 27 heavy (non-hydrogen) atoms. The zero-order valence-corrected chi connectivity index (χ0v) is 15.2. The number of hydrogen-bond acceptors (Lipinski definition) is 5. The third-order valence-electron chi connectivity index (χ3n) is 5.41. The van der Waals surface area contributed by atoms with Crippen LogP contribution in [-0.4, -0.2) is 29.6 Å². The quantitative estimate of drug-likeness (QED) is 0.832. The van der Waals surface area contributed by atoms with Crippen LogP contribution in [0.3, 0.4) is 0 Å². The van der Waals surface area contributed by atoms with Crippen molar-refractivity contribution in [3.8, 4) is 11.6 Å². The Morgan fingerprint density at radius 3 is 2.59 bits per heavy atom. The minimum absolute atomic E-state index is 0. The number of pyridine rings is 1. The molecule has 0 aliphatic heterocycles. The van der Waals surface area contributed by atoms with Crippen LogP contribution < -0.4 is 15.4 Å². The molecule has 2 aromatic rings. The molecule has 0 radical (unpaired) electrons. The molecular weight excluding hydrogens is 346 g/mol. The predicted octanol–water partition coefficient (Wildman–Crippen LogP) is 3.89. The number of nitrogens with zero attached hydrogens (tertiary/aromatic N) is 1. The molecule has 7 nitrogen and oxygen atoms in total. The van der Waals surface area contributed by atoms with E-state index < -0.39 is 11.4 Å². The van der Waals surface area contributed by atoms with Gasteiger partial charge in [0.1, 0.15) is 5.75 Å². The van der Waals surface area contributed by atoms with E-state index in [-0.39, 0.29) is 14.4 Å². The zero-order chi connectivity index (χ0) is 19.1. The van der Waals surface area contributed by atoms with Gasteiger partial charge in [-0.1, -0.05) is 6.07 Å². The van der Waals surface area contributed by atoms with Gasteiger partial charge >= 0.3 is 6.03 Å². The van der Waals surface area contributed by atoms with Crippen molar-refractivity contribution in [2.45, 2.75) is 31.8 Å². The normalized spacial score (nSPS) is 25.0. The number of methoxy groups -OCH3 is 1. The second-order valence-corrected chi connectivity index (χ2v) is 7.36. The standard InChI is InChI=1S/C20H21N3O4.2H2/c1-13-9-14(6-7-15(13)27-16-5-3-4-8-21-16)22-18(25)23-17(24)19-10-20(11-19,12-19)26-2;;/h3-9H,10-12H2,1-2H3,(H2,22,23,24,25);2*1H. The van der Waals surface area contributed by atoms with Crippen molar-refractivity contribution in [3.05, 3.63) is 48.2 Å². The van der Waals surface area contributed by atoms with Crippen molar-refractivity contribution in [2.75, 3.05) is 12.4 Å². The summed E-state index contributed by atoms with van der Waals surface area (Å²) >= 11 is 0. The third-order valence-corrected chi connectivity index (χ3v) is 5.41. The number of rotatable bonds is 5. The Bertz CT molecular complexity index is 888. The van der Waals surface area contributed by atoms with E-state index in [1.165, 1.54) is 0 Å². The molecule has 0 spiro atoms. The smallest absolute Gasteiger partial charge is 0.325 e. The van der Waals surface area contributed by atoms with E-state index in [1.807, 2.05) is 19.1 Å². The Morgan fingerprint density at radius 2 is 1.96 bits per heavy atom. The monoisotopic (exact) mass is 371 g/mol. The maximum absolute atomic E-state index is 12.3. The molecule has 0 saturated heterocycles. The van der Waals surface area contributed by atoms with E-state index in [1.54, 1.807) is 37.6 Å². The lowest BCUT2D eigenvalue weighted by molar-refractivity contribution is -0.262. The van der Waals surface area contributed by atoms with Crippen molar-refractivity contribution in [1.82, 2.24) is 10.3 Å². The largest absolute Gasteiger partial charge is 0.439 e. The van der Waals surface area contributed by atoms with Crippen LogP contribution in [0.4, 0.5) is 10.5 Å². The minimum atomic E-state index is -0.533. The van der Waals surface area contributed by atoms with Crippen LogP contribution in [0.1, 0.15) is 27.7 Å². The molecule has 0 unspecified atom stereocenters. The lowest BCUT2D eigenvalue weighted by atomic mass is 9.41. The van der Waals surface area contributed by atoms with Gasteiger partial charge in [-0.15, -0.1) is 0 Å². The summed E-state index contributed by atoms with van der Waals surface area (Å²) in [5.74, 6) is 0.914. The van der Waals surface area contributed by atoms with Crippen LogP contribution in [0.15, 0.2) is 42.6 Å². The van der Waals surface area contributed by atoms with E-state index in [9.17, 15) is 9.59 Å². The summed E-state index contributed by atoms with van der Waals surface area (Å²) in [5, 5.41) is 5.13. The molecule has 1 heterocycles. The highest BCUT2D eigenvalue weighted by Gasteiger charge is 2.72. The van der Waals surface area contributed by atoms with Gasteiger partial charge in [-0.3, -0.25) is 10.1 Å². The first-order valence-electron chi connectivity index (χ1n) is 8.81. The Hall–Kier alpha value is -2.93. The summed E-state index contributed by atoms with van der Waals surface area (Å²) in [6.45, 7) is 1.87. The maximum atomic E-state index is 12.3. The Balaban J connectivity index is 0.00000150. The lowest BCUT2D eigenvalue weighted by Gasteiger charge is -2.67. The summed E-state index contributed by atoms with van der Waals surface area (Å²) in [6, 6.07) is 10.1. The van der Waals surface area contributed by atoms with Crippen LogP contribution in [0.5, 0.6) is 11.6 Å². The van der Waals surface area contributed by atoms with Gasteiger partial charge in [0.15, 0.2) is 0 Å². The second-order valence-electron chi connectivity index (χ2n) is 7.36. The number of amides is 3. The van der Waals surface area contributed by atoms with Crippen LogP contribution in [0, 0.1) is 12.3 Å². The Kier molecular flexibility index (Phi) is 4.11. The summed E-state index contributed by atoms with van der Waals surface area (Å²) in [4.78, 5) is 28.6. The van der Waals surface area contributed by atoms with Gasteiger partial charge in [-0.05, 0) is 56.0 Å². The first kappa shape index (κ1) is 17.5. The SMILES string of the molecule is COC12CC(C(=O)NC(=O)Nc3ccc(Oc4ccccn4)c(C)c3)(C1)C2.[HH].[HH]. The fraction of sp³-hybridized carbons (Fsp3) is 0.350. The lowest BCUT2D eigenvalue weighted by Crippen LogP contribution is -2.73. The first-order chi connectivity index (χ1) is 12.9. The molecule has 1 aromatic heterocycles. The van der Waals surface area contributed by atoms with Crippen LogP contribution >= 0.6 is 0 Å². The first-order valence-corrected chi connectivity index (χ1v) is 8.81. The van der Waals surface area contributed by atoms with E-state index in [0.717, 1.165) is 5.56 Å². The average molecular weight is 371 g/mol. The molecule has 3 fully saturated rings. The highest BCUT2D eigenvalue weighted by atomic mass is 16.5. The number of carbonyl (C=O) groups excluding carboxylic acids is 2. The number of carbonyl (C=O) groups is 2. The molecule has 0 atom stereocenters. The van der Waals surface area contributed by atoms with Gasteiger partial charge in [0, 0.05) is 27.9 Å². The molecule has 3 amide bonds. The van der Waals surface area contributed by atoms with Gasteiger partial charge < -0.3 is 14.8 Å². The summed E-state index contributed by atoms with van der Waals surface area (Å²) in [7, 11) is 1.66. The predicted molar refractivity (Wildman–Crippen MR) is 103 cm³/mol. The molecule has 1 aromatic carbocycles. The fourth-order valence-electron chi connectivity index (χ4n) is 3.91. The van der Waals surface area contributed by atoms with E-state index >= 15 is 0 Å². The van der Waals surface area contributed by atoms with Crippen LogP contribution in [0.2, 0.25) is 0 Å². The van der Waals surface area contributed by atoms with Crippen molar-refractivity contribution in [1.29, 1.82) is 0 Å². The number of aryl methyl sites for hydroxylation is 1. The maximum Gasteiger partial charge on any atom is 0.325 e. The number of benzene rings is 1. The molecule has 144 valence electrons. The molecule has 7 heteroatoms. The molecule has 3 aliphatic rings.